The minimum atomic E-state index is -0.0963. The van der Waals surface area contributed by atoms with E-state index >= 15 is 0 Å². The highest BCUT2D eigenvalue weighted by molar-refractivity contribution is 6.30. The van der Waals surface area contributed by atoms with Crippen LogP contribution in [0.2, 0.25) is 0 Å². The van der Waals surface area contributed by atoms with E-state index < -0.39 is 0 Å². The molecule has 4 heteroatoms. The number of nitrogens with one attached hydrogen (secondary N) is 1. The lowest BCUT2D eigenvalue weighted by atomic mass is 9.82. The van der Waals surface area contributed by atoms with Crippen molar-refractivity contribution in [1.82, 2.24) is 0 Å². The van der Waals surface area contributed by atoms with Crippen LogP contribution in [0.25, 0.3) is 0 Å². The lowest BCUT2D eigenvalue weighted by molar-refractivity contribution is 0.0979. The molecule has 21 heavy (non-hydrogen) atoms. The van der Waals surface area contributed by atoms with Crippen LogP contribution in [0, 0.1) is 0 Å². The van der Waals surface area contributed by atoms with E-state index in [-0.39, 0.29) is 11.6 Å². The Morgan fingerprint density at radius 3 is 2.05 bits per heavy atom. The topological polar surface area (TPSA) is 49.4 Å². The second-order valence-corrected chi connectivity index (χ2v) is 5.23. The molecule has 0 fully saturated rings. The van der Waals surface area contributed by atoms with Crippen molar-refractivity contribution < 1.29 is 9.59 Å². The molecular formula is C17H16N2O2. The van der Waals surface area contributed by atoms with Crippen LogP contribution in [-0.4, -0.2) is 32.7 Å². The van der Waals surface area contributed by atoms with E-state index in [1.165, 1.54) is 0 Å². The van der Waals surface area contributed by atoms with Gasteiger partial charge in [-0.2, -0.15) is 0 Å². The van der Waals surface area contributed by atoms with E-state index in [0.717, 1.165) is 11.4 Å². The third-order valence-electron chi connectivity index (χ3n) is 3.78. The van der Waals surface area contributed by atoms with Crippen LogP contribution >= 0.6 is 0 Å². The third kappa shape index (κ3) is 1.83. The summed E-state index contributed by atoms with van der Waals surface area (Å²) in [7, 11) is 5.54. The summed E-state index contributed by atoms with van der Waals surface area (Å²) >= 11 is 0. The number of fused-ring (bicyclic) bond motifs is 2. The fraction of sp³-hybridized carbons (Fsp3) is 0.176. The first-order chi connectivity index (χ1) is 10.1. The maximum Gasteiger partial charge on any atom is 0.196 e. The Labute approximate surface area is 123 Å². The Bertz CT molecular complexity index is 763. The van der Waals surface area contributed by atoms with Crippen molar-refractivity contribution in [2.24, 2.45) is 0 Å². The summed E-state index contributed by atoms with van der Waals surface area (Å²) < 4.78 is 0. The summed E-state index contributed by atoms with van der Waals surface area (Å²) in [6.07, 6.45) is 0. The monoisotopic (exact) mass is 280 g/mol. The average Bonchev–Trinajstić information content (AvgIpc) is 2.51. The molecule has 0 unspecified atom stereocenters. The van der Waals surface area contributed by atoms with E-state index in [4.69, 9.17) is 0 Å². The second-order valence-electron chi connectivity index (χ2n) is 5.23. The Hall–Kier alpha value is -2.62. The first-order valence-corrected chi connectivity index (χ1v) is 6.76. The first kappa shape index (κ1) is 13.4. The molecule has 106 valence electrons. The number of nitrogens with zero attached hydrogens (tertiary/aromatic N) is 1. The molecule has 0 atom stereocenters. The fourth-order valence-corrected chi connectivity index (χ4v) is 2.84. The Morgan fingerprint density at radius 2 is 1.48 bits per heavy atom. The summed E-state index contributed by atoms with van der Waals surface area (Å²) in [6, 6.07) is 10.6. The van der Waals surface area contributed by atoms with Gasteiger partial charge in [-0.1, -0.05) is 24.3 Å². The number of hydrogen-bond acceptors (Lipinski definition) is 4. The Morgan fingerprint density at radius 1 is 0.857 bits per heavy atom. The van der Waals surface area contributed by atoms with Gasteiger partial charge < -0.3 is 10.2 Å². The highest BCUT2D eigenvalue weighted by atomic mass is 16.1. The quantitative estimate of drug-likeness (QED) is 0.784. The molecule has 0 amide bonds. The maximum atomic E-state index is 12.8. The van der Waals surface area contributed by atoms with Crippen molar-refractivity contribution in [2.45, 2.75) is 0 Å². The predicted molar refractivity (Wildman–Crippen MR) is 83.6 cm³/mol. The zero-order valence-electron chi connectivity index (χ0n) is 12.2. The van der Waals surface area contributed by atoms with Crippen LogP contribution < -0.4 is 10.2 Å². The highest BCUT2D eigenvalue weighted by Gasteiger charge is 2.32. The van der Waals surface area contributed by atoms with Gasteiger partial charge in [-0.3, -0.25) is 9.59 Å². The molecule has 1 N–H and O–H groups in total. The van der Waals surface area contributed by atoms with Gasteiger partial charge in [-0.25, -0.2) is 0 Å². The second kappa shape index (κ2) is 4.74. The largest absolute Gasteiger partial charge is 0.386 e. The lowest BCUT2D eigenvalue weighted by Crippen LogP contribution is -2.25. The molecule has 0 spiro atoms. The summed E-state index contributed by atoms with van der Waals surface area (Å²) in [4.78, 5) is 27.3. The Kier molecular flexibility index (Phi) is 3.01. The molecule has 1 aliphatic carbocycles. The number of rotatable bonds is 2. The molecule has 0 saturated heterocycles. The minimum Gasteiger partial charge on any atom is -0.386 e. The van der Waals surface area contributed by atoms with Gasteiger partial charge in [0.25, 0.3) is 0 Å². The number of ketones is 2. The van der Waals surface area contributed by atoms with E-state index in [1.54, 1.807) is 37.4 Å². The molecular weight excluding hydrogens is 264 g/mol. The predicted octanol–water partition coefficient (Wildman–Crippen LogP) is 2.57. The Balaban J connectivity index is 2.35. The molecule has 3 rings (SSSR count). The molecule has 0 aromatic heterocycles. The van der Waals surface area contributed by atoms with E-state index in [0.29, 0.717) is 22.3 Å². The van der Waals surface area contributed by atoms with E-state index in [9.17, 15) is 9.59 Å². The van der Waals surface area contributed by atoms with E-state index in [2.05, 4.69) is 5.32 Å². The first-order valence-electron chi connectivity index (χ1n) is 6.76. The van der Waals surface area contributed by atoms with Gasteiger partial charge in [0.1, 0.15) is 0 Å². The van der Waals surface area contributed by atoms with Crippen molar-refractivity contribution in [3.8, 4) is 0 Å². The lowest BCUT2D eigenvalue weighted by Gasteiger charge is -2.26. The van der Waals surface area contributed by atoms with Gasteiger partial charge in [0.15, 0.2) is 11.6 Å². The molecule has 0 heterocycles. The summed E-state index contributed by atoms with van der Waals surface area (Å²) in [6.45, 7) is 0. The molecule has 0 saturated carbocycles. The van der Waals surface area contributed by atoms with Gasteiger partial charge in [0.2, 0.25) is 0 Å². The van der Waals surface area contributed by atoms with Crippen LogP contribution in [0.5, 0.6) is 0 Å². The molecule has 2 aromatic rings. The van der Waals surface area contributed by atoms with Crippen LogP contribution in [0.15, 0.2) is 36.4 Å². The van der Waals surface area contributed by atoms with Gasteiger partial charge in [-0.15, -0.1) is 0 Å². The van der Waals surface area contributed by atoms with Gasteiger partial charge in [0.05, 0.1) is 16.9 Å². The zero-order chi connectivity index (χ0) is 15.1. The normalized spacial score (nSPS) is 12.7. The summed E-state index contributed by atoms with van der Waals surface area (Å²) in [5.74, 6) is -0.188. The average molecular weight is 280 g/mol. The standard InChI is InChI=1S/C17H16N2O2/c1-18-13-9-8-12-14(15(13)19(2)3)17(21)11-7-5-4-6-10(11)16(12)20/h4-9,18H,1-3H3. The van der Waals surface area contributed by atoms with Crippen LogP contribution in [0.3, 0.4) is 0 Å². The molecule has 0 aliphatic heterocycles. The van der Waals surface area contributed by atoms with Crippen molar-refractivity contribution in [3.63, 3.8) is 0 Å². The number of carbonyl (C=O) groups is 2. The third-order valence-corrected chi connectivity index (χ3v) is 3.78. The van der Waals surface area contributed by atoms with Crippen molar-refractivity contribution in [2.75, 3.05) is 31.4 Å². The number of hydrogen-bond donors (Lipinski definition) is 1. The smallest absolute Gasteiger partial charge is 0.196 e. The molecule has 2 aromatic carbocycles. The van der Waals surface area contributed by atoms with Gasteiger partial charge in [-0.05, 0) is 12.1 Å². The van der Waals surface area contributed by atoms with Crippen molar-refractivity contribution in [1.29, 1.82) is 0 Å². The van der Waals surface area contributed by atoms with E-state index in [1.807, 2.05) is 25.1 Å². The van der Waals surface area contributed by atoms with Crippen molar-refractivity contribution in [3.05, 3.63) is 58.7 Å². The van der Waals surface area contributed by atoms with Crippen LogP contribution in [-0.2, 0) is 0 Å². The van der Waals surface area contributed by atoms with Crippen molar-refractivity contribution >= 4 is 22.9 Å². The molecule has 0 bridgehead atoms. The molecule has 1 aliphatic rings. The van der Waals surface area contributed by atoms with Gasteiger partial charge >= 0.3 is 0 Å². The summed E-state index contributed by atoms with van der Waals surface area (Å²) in [5.41, 5.74) is 3.50. The molecule has 0 radical (unpaired) electrons. The number of carbonyl (C=O) groups excluding carboxylic acids is 2. The maximum absolute atomic E-state index is 12.8. The highest BCUT2D eigenvalue weighted by Crippen LogP contribution is 2.37. The minimum absolute atomic E-state index is 0.0917. The number of anilines is 2. The van der Waals surface area contributed by atoms with Crippen LogP contribution in [0.1, 0.15) is 31.8 Å². The van der Waals surface area contributed by atoms with Crippen LogP contribution in [0.4, 0.5) is 11.4 Å². The molecule has 4 nitrogen and oxygen atoms in total. The fourth-order valence-electron chi connectivity index (χ4n) is 2.84. The summed E-state index contributed by atoms with van der Waals surface area (Å²) in [5, 5.41) is 3.08. The van der Waals surface area contributed by atoms with Gasteiger partial charge in [0, 0.05) is 37.8 Å². The zero-order valence-corrected chi connectivity index (χ0v) is 12.2. The number of benzene rings is 2. The SMILES string of the molecule is CNc1ccc2c(c1N(C)C)C(=O)c1ccccc1C2=O.